The Labute approximate surface area is 198 Å². The fourth-order valence-corrected chi connectivity index (χ4v) is 4.25. The summed E-state index contributed by atoms with van der Waals surface area (Å²) in [7, 11) is 1.71. The number of aryl methyl sites for hydroxylation is 1. The van der Waals surface area contributed by atoms with E-state index in [1.165, 1.54) is 0 Å². The van der Waals surface area contributed by atoms with Crippen molar-refractivity contribution in [2.24, 2.45) is 0 Å². The summed E-state index contributed by atoms with van der Waals surface area (Å²) in [5.74, 6) is 1.64. The summed E-state index contributed by atoms with van der Waals surface area (Å²) in [6.07, 6.45) is 3.83. The number of para-hydroxylation sites is 2. The summed E-state index contributed by atoms with van der Waals surface area (Å²) >= 11 is 6.02. The second-order valence-corrected chi connectivity index (χ2v) is 8.37. The van der Waals surface area contributed by atoms with Crippen molar-refractivity contribution in [3.63, 3.8) is 0 Å². The van der Waals surface area contributed by atoms with Crippen LogP contribution in [0.1, 0.15) is 5.69 Å². The van der Waals surface area contributed by atoms with Crippen molar-refractivity contribution in [1.82, 2.24) is 19.7 Å². The first-order valence-corrected chi connectivity index (χ1v) is 11.3. The molecular weight excluding hydrogens is 436 g/mol. The molecule has 0 saturated carbocycles. The number of anilines is 2. The van der Waals surface area contributed by atoms with E-state index in [1.54, 1.807) is 7.11 Å². The lowest BCUT2D eigenvalue weighted by molar-refractivity contribution is 0.413. The van der Waals surface area contributed by atoms with Gasteiger partial charge in [0.15, 0.2) is 0 Å². The van der Waals surface area contributed by atoms with Gasteiger partial charge in [-0.2, -0.15) is 5.10 Å². The van der Waals surface area contributed by atoms with Crippen LogP contribution in [0.4, 0.5) is 11.6 Å². The maximum absolute atomic E-state index is 6.02. The quantitative estimate of drug-likeness (QED) is 0.433. The first kappa shape index (κ1) is 21.3. The van der Waals surface area contributed by atoms with Crippen LogP contribution in [0.2, 0.25) is 5.02 Å². The van der Waals surface area contributed by atoms with E-state index in [0.717, 1.165) is 66.2 Å². The van der Waals surface area contributed by atoms with Crippen LogP contribution in [-0.2, 0) is 0 Å². The van der Waals surface area contributed by atoms with Gasteiger partial charge >= 0.3 is 0 Å². The predicted molar refractivity (Wildman–Crippen MR) is 132 cm³/mol. The molecule has 0 aliphatic carbocycles. The van der Waals surface area contributed by atoms with Crippen molar-refractivity contribution in [2.75, 3.05) is 43.1 Å². The molecule has 33 heavy (non-hydrogen) atoms. The largest absolute Gasteiger partial charge is 0.495 e. The highest BCUT2D eigenvalue weighted by atomic mass is 35.5. The van der Waals surface area contributed by atoms with Crippen molar-refractivity contribution < 1.29 is 4.74 Å². The Morgan fingerprint density at radius 2 is 1.64 bits per heavy atom. The lowest BCUT2D eigenvalue weighted by Crippen LogP contribution is -2.47. The van der Waals surface area contributed by atoms with Crippen molar-refractivity contribution in [1.29, 1.82) is 0 Å². The Morgan fingerprint density at radius 3 is 2.39 bits per heavy atom. The van der Waals surface area contributed by atoms with Gasteiger partial charge in [-0.15, -0.1) is 0 Å². The van der Waals surface area contributed by atoms with E-state index < -0.39 is 0 Å². The molecule has 4 aromatic rings. The first-order chi connectivity index (χ1) is 16.1. The zero-order valence-electron chi connectivity index (χ0n) is 18.6. The molecule has 1 aliphatic rings. The Morgan fingerprint density at radius 1 is 0.909 bits per heavy atom. The summed E-state index contributed by atoms with van der Waals surface area (Å²) in [5.41, 5.74) is 4.84. The maximum atomic E-state index is 6.02. The molecule has 0 unspecified atom stereocenters. The second kappa shape index (κ2) is 9.11. The third-order valence-corrected chi connectivity index (χ3v) is 6.15. The molecule has 0 radical (unpaired) electrons. The molecule has 0 spiro atoms. The lowest BCUT2D eigenvalue weighted by Gasteiger charge is -2.36. The number of benzene rings is 2. The summed E-state index contributed by atoms with van der Waals surface area (Å²) in [4.78, 5) is 14.0. The van der Waals surface area contributed by atoms with E-state index >= 15 is 0 Å². The molecular formula is C25H25ClN6O. The van der Waals surface area contributed by atoms with Gasteiger partial charge in [0.25, 0.3) is 0 Å². The number of hydrogen-bond donors (Lipinski definition) is 0. The fourth-order valence-electron chi connectivity index (χ4n) is 4.13. The fraction of sp³-hybridized carbons (Fsp3) is 0.240. The van der Waals surface area contributed by atoms with E-state index in [-0.39, 0.29) is 0 Å². The van der Waals surface area contributed by atoms with Gasteiger partial charge in [0.1, 0.15) is 5.75 Å². The van der Waals surface area contributed by atoms with Gasteiger partial charge in [0.05, 0.1) is 29.9 Å². The van der Waals surface area contributed by atoms with Gasteiger partial charge in [-0.1, -0.05) is 23.7 Å². The highest BCUT2D eigenvalue weighted by Gasteiger charge is 2.22. The summed E-state index contributed by atoms with van der Waals surface area (Å²) in [6, 6.07) is 17.7. The predicted octanol–water partition coefficient (Wildman–Crippen LogP) is 4.63. The van der Waals surface area contributed by atoms with Crippen LogP contribution in [0.15, 0.2) is 67.0 Å². The molecule has 5 rings (SSSR count). The molecule has 7 nitrogen and oxygen atoms in total. The highest BCUT2D eigenvalue weighted by molar-refractivity contribution is 6.30. The van der Waals surface area contributed by atoms with Crippen LogP contribution in [0.3, 0.4) is 0 Å². The third-order valence-electron chi connectivity index (χ3n) is 5.90. The molecule has 2 aromatic carbocycles. The van der Waals surface area contributed by atoms with Crippen LogP contribution in [0.5, 0.6) is 5.75 Å². The van der Waals surface area contributed by atoms with E-state index in [2.05, 4.69) is 25.9 Å². The number of aromatic nitrogens is 4. The number of hydrogen-bond acceptors (Lipinski definition) is 6. The Balaban J connectivity index is 1.34. The van der Waals surface area contributed by atoms with Gasteiger partial charge in [-0.3, -0.25) is 0 Å². The SMILES string of the molecule is COc1ccccc1N1CCN(c2nccc(-c3cn(-c4ccc(Cl)cc4)nc3C)n2)CC1. The topological polar surface area (TPSA) is 59.3 Å². The number of halogens is 1. The van der Waals surface area contributed by atoms with Gasteiger partial charge in [0, 0.05) is 49.2 Å². The monoisotopic (exact) mass is 460 g/mol. The summed E-state index contributed by atoms with van der Waals surface area (Å²) < 4.78 is 7.39. The van der Waals surface area contributed by atoms with E-state index in [1.807, 2.05) is 72.5 Å². The molecule has 1 saturated heterocycles. The van der Waals surface area contributed by atoms with Crippen LogP contribution >= 0.6 is 11.6 Å². The zero-order chi connectivity index (χ0) is 22.8. The normalized spacial score (nSPS) is 13.9. The highest BCUT2D eigenvalue weighted by Crippen LogP contribution is 2.29. The Kier molecular flexibility index (Phi) is 5.88. The number of nitrogens with zero attached hydrogens (tertiary/aromatic N) is 6. The molecule has 0 amide bonds. The Bertz CT molecular complexity index is 1250. The van der Waals surface area contributed by atoms with E-state index in [9.17, 15) is 0 Å². The van der Waals surface area contributed by atoms with Crippen LogP contribution < -0.4 is 14.5 Å². The average Bonchev–Trinajstić information content (AvgIpc) is 3.26. The molecule has 8 heteroatoms. The molecule has 1 fully saturated rings. The van der Waals surface area contributed by atoms with Crippen molar-refractivity contribution in [3.05, 3.63) is 77.7 Å². The van der Waals surface area contributed by atoms with E-state index in [0.29, 0.717) is 5.02 Å². The molecule has 2 aromatic heterocycles. The minimum Gasteiger partial charge on any atom is -0.495 e. The van der Waals surface area contributed by atoms with Crippen molar-refractivity contribution in [3.8, 4) is 22.7 Å². The van der Waals surface area contributed by atoms with Crippen LogP contribution in [0.25, 0.3) is 16.9 Å². The molecule has 1 aliphatic heterocycles. The van der Waals surface area contributed by atoms with Crippen LogP contribution in [-0.4, -0.2) is 53.0 Å². The number of ether oxygens (including phenoxy) is 1. The van der Waals surface area contributed by atoms with Crippen molar-refractivity contribution >= 4 is 23.2 Å². The summed E-state index contributed by atoms with van der Waals surface area (Å²) in [5, 5.41) is 5.37. The maximum Gasteiger partial charge on any atom is 0.225 e. The average molecular weight is 461 g/mol. The Hall–Kier alpha value is -3.58. The first-order valence-electron chi connectivity index (χ1n) is 10.9. The van der Waals surface area contributed by atoms with Gasteiger partial charge < -0.3 is 14.5 Å². The summed E-state index contributed by atoms with van der Waals surface area (Å²) in [6.45, 7) is 5.42. The molecule has 0 atom stereocenters. The number of piperazine rings is 1. The minimum atomic E-state index is 0.703. The second-order valence-electron chi connectivity index (χ2n) is 7.94. The number of methoxy groups -OCH3 is 1. The lowest BCUT2D eigenvalue weighted by atomic mass is 10.2. The standard InChI is InChI=1S/C25H25ClN6O/c1-18-21(17-32(29-18)20-9-7-19(26)8-10-20)22-11-12-27-25(28-22)31-15-13-30(14-16-31)23-5-3-4-6-24(23)33-2/h3-12,17H,13-16H2,1-2H3. The molecule has 168 valence electrons. The number of rotatable bonds is 5. The van der Waals surface area contributed by atoms with Crippen molar-refractivity contribution in [2.45, 2.75) is 6.92 Å². The minimum absolute atomic E-state index is 0.703. The van der Waals surface area contributed by atoms with E-state index in [4.69, 9.17) is 21.3 Å². The zero-order valence-corrected chi connectivity index (χ0v) is 19.4. The molecule has 0 N–H and O–H groups in total. The van der Waals surface area contributed by atoms with Crippen LogP contribution in [0, 0.1) is 6.92 Å². The third kappa shape index (κ3) is 4.36. The van der Waals surface area contributed by atoms with Gasteiger partial charge in [0.2, 0.25) is 5.95 Å². The molecule has 0 bridgehead atoms. The smallest absolute Gasteiger partial charge is 0.225 e. The molecule has 3 heterocycles. The van der Waals surface area contributed by atoms with Gasteiger partial charge in [-0.05, 0) is 49.4 Å². The van der Waals surface area contributed by atoms with Gasteiger partial charge in [-0.25, -0.2) is 14.6 Å².